The van der Waals surface area contributed by atoms with Crippen LogP contribution in [0.1, 0.15) is 89.9 Å². The molecule has 0 N–H and O–H groups in total. The summed E-state index contributed by atoms with van der Waals surface area (Å²) in [5.74, 6) is 0.882. The SMILES string of the molecule is CC(C)(C)c1nc2c(c(C(C)(C)C)n1)C(=O)N(C(C)(C)C)C2. The monoisotopic (exact) mass is 303 g/mol. The number of nitrogens with zero attached hydrogens (tertiary/aromatic N) is 3. The molecular weight excluding hydrogens is 274 g/mol. The van der Waals surface area contributed by atoms with Crippen LogP contribution < -0.4 is 0 Å². The van der Waals surface area contributed by atoms with Crippen LogP contribution in [0.25, 0.3) is 0 Å². The van der Waals surface area contributed by atoms with Gasteiger partial charge in [-0.05, 0) is 20.8 Å². The summed E-state index contributed by atoms with van der Waals surface area (Å²) in [6.07, 6.45) is 0. The maximum Gasteiger partial charge on any atom is 0.258 e. The van der Waals surface area contributed by atoms with E-state index in [4.69, 9.17) is 9.97 Å². The molecule has 2 rings (SSSR count). The first-order valence-electron chi connectivity index (χ1n) is 7.97. The fraction of sp³-hybridized carbons (Fsp3) is 0.722. The lowest BCUT2D eigenvalue weighted by molar-refractivity contribution is 0.0606. The molecule has 0 aromatic carbocycles. The van der Waals surface area contributed by atoms with E-state index in [2.05, 4.69) is 62.3 Å². The first-order chi connectivity index (χ1) is 9.73. The van der Waals surface area contributed by atoms with Gasteiger partial charge in [0, 0.05) is 16.4 Å². The first kappa shape index (κ1) is 16.9. The third kappa shape index (κ3) is 2.88. The summed E-state index contributed by atoms with van der Waals surface area (Å²) in [6.45, 7) is 19.4. The van der Waals surface area contributed by atoms with Gasteiger partial charge in [-0.1, -0.05) is 41.5 Å². The fourth-order valence-electron chi connectivity index (χ4n) is 2.62. The van der Waals surface area contributed by atoms with Gasteiger partial charge in [0.25, 0.3) is 5.91 Å². The van der Waals surface area contributed by atoms with Crippen molar-refractivity contribution < 1.29 is 4.79 Å². The molecule has 0 bridgehead atoms. The van der Waals surface area contributed by atoms with E-state index < -0.39 is 0 Å². The lowest BCUT2D eigenvalue weighted by Crippen LogP contribution is -2.41. The minimum Gasteiger partial charge on any atom is -0.328 e. The summed E-state index contributed by atoms with van der Waals surface area (Å²) < 4.78 is 0. The summed E-state index contributed by atoms with van der Waals surface area (Å²) in [7, 11) is 0. The normalized spacial score (nSPS) is 16.2. The zero-order valence-electron chi connectivity index (χ0n) is 15.5. The molecule has 1 amide bonds. The van der Waals surface area contributed by atoms with Crippen molar-refractivity contribution in [3.05, 3.63) is 22.8 Å². The third-order valence-corrected chi connectivity index (χ3v) is 3.94. The van der Waals surface area contributed by atoms with Gasteiger partial charge in [-0.2, -0.15) is 0 Å². The van der Waals surface area contributed by atoms with Gasteiger partial charge in [-0.15, -0.1) is 0 Å². The Morgan fingerprint density at radius 3 is 1.82 bits per heavy atom. The second-order valence-corrected chi connectivity index (χ2v) is 9.28. The molecule has 4 nitrogen and oxygen atoms in total. The molecule has 0 saturated carbocycles. The molecule has 1 aromatic rings. The van der Waals surface area contributed by atoms with Gasteiger partial charge < -0.3 is 4.90 Å². The summed E-state index contributed by atoms with van der Waals surface area (Å²) in [5, 5.41) is 0. The molecule has 1 aliphatic heterocycles. The Morgan fingerprint density at radius 1 is 0.864 bits per heavy atom. The number of fused-ring (bicyclic) bond motifs is 1. The second kappa shape index (κ2) is 4.77. The highest BCUT2D eigenvalue weighted by molar-refractivity contribution is 5.99. The van der Waals surface area contributed by atoms with Crippen LogP contribution in [0.2, 0.25) is 0 Å². The highest BCUT2D eigenvalue weighted by Crippen LogP contribution is 2.35. The molecular formula is C18H29N3O. The number of hydrogen-bond acceptors (Lipinski definition) is 3. The van der Waals surface area contributed by atoms with Crippen LogP contribution in [0.4, 0.5) is 0 Å². The summed E-state index contributed by atoms with van der Waals surface area (Å²) in [6, 6.07) is 0. The lowest BCUT2D eigenvalue weighted by Gasteiger charge is -2.31. The van der Waals surface area contributed by atoms with Crippen LogP contribution in [-0.4, -0.2) is 26.3 Å². The van der Waals surface area contributed by atoms with Gasteiger partial charge >= 0.3 is 0 Å². The van der Waals surface area contributed by atoms with E-state index in [1.54, 1.807) is 0 Å². The molecule has 0 radical (unpaired) electrons. The number of aromatic nitrogens is 2. The summed E-state index contributed by atoms with van der Waals surface area (Å²) in [5.41, 5.74) is 1.94. The quantitative estimate of drug-likeness (QED) is 0.732. The van der Waals surface area contributed by atoms with E-state index >= 15 is 0 Å². The second-order valence-electron chi connectivity index (χ2n) is 9.28. The van der Waals surface area contributed by atoms with Crippen molar-refractivity contribution in [3.63, 3.8) is 0 Å². The smallest absolute Gasteiger partial charge is 0.258 e. The van der Waals surface area contributed by atoms with Crippen molar-refractivity contribution in [1.29, 1.82) is 0 Å². The molecule has 1 aromatic heterocycles. The molecule has 22 heavy (non-hydrogen) atoms. The molecule has 0 spiro atoms. The van der Waals surface area contributed by atoms with Crippen molar-refractivity contribution in [2.24, 2.45) is 0 Å². The van der Waals surface area contributed by atoms with E-state index in [9.17, 15) is 4.79 Å². The topological polar surface area (TPSA) is 46.1 Å². The molecule has 0 aliphatic carbocycles. The van der Waals surface area contributed by atoms with E-state index in [1.165, 1.54) is 0 Å². The zero-order valence-corrected chi connectivity index (χ0v) is 15.5. The molecule has 0 unspecified atom stereocenters. The summed E-state index contributed by atoms with van der Waals surface area (Å²) in [4.78, 5) is 24.3. The van der Waals surface area contributed by atoms with E-state index in [-0.39, 0.29) is 22.3 Å². The van der Waals surface area contributed by atoms with Gasteiger partial charge in [0.2, 0.25) is 0 Å². The average molecular weight is 303 g/mol. The number of hydrogen-bond donors (Lipinski definition) is 0. The lowest BCUT2D eigenvalue weighted by atomic mass is 9.86. The Balaban J connectivity index is 2.69. The van der Waals surface area contributed by atoms with Crippen molar-refractivity contribution in [1.82, 2.24) is 14.9 Å². The Morgan fingerprint density at radius 2 is 1.41 bits per heavy atom. The third-order valence-electron chi connectivity index (χ3n) is 3.94. The molecule has 0 atom stereocenters. The minimum absolute atomic E-state index is 0.0629. The van der Waals surface area contributed by atoms with Crippen LogP contribution in [0.5, 0.6) is 0 Å². The summed E-state index contributed by atoms with van der Waals surface area (Å²) >= 11 is 0. The number of carbonyl (C=O) groups excluding carboxylic acids is 1. The van der Waals surface area contributed by atoms with Gasteiger partial charge in [0.15, 0.2) is 0 Å². The Kier molecular flexibility index (Phi) is 3.67. The number of rotatable bonds is 0. The van der Waals surface area contributed by atoms with E-state index in [0.29, 0.717) is 6.54 Å². The van der Waals surface area contributed by atoms with Gasteiger partial charge in [-0.25, -0.2) is 9.97 Å². The van der Waals surface area contributed by atoms with Crippen LogP contribution in [0.15, 0.2) is 0 Å². The van der Waals surface area contributed by atoms with Crippen LogP contribution in [0.3, 0.4) is 0 Å². The highest BCUT2D eigenvalue weighted by atomic mass is 16.2. The Hall–Kier alpha value is -1.45. The highest BCUT2D eigenvalue weighted by Gasteiger charge is 2.41. The van der Waals surface area contributed by atoms with Gasteiger partial charge in [0.1, 0.15) is 5.82 Å². The maximum absolute atomic E-state index is 12.9. The van der Waals surface area contributed by atoms with Crippen LogP contribution in [0, 0.1) is 0 Å². The first-order valence-corrected chi connectivity index (χ1v) is 7.97. The molecule has 4 heteroatoms. The maximum atomic E-state index is 12.9. The number of carbonyl (C=O) groups is 1. The Bertz CT molecular complexity index is 613. The van der Waals surface area contributed by atoms with Crippen LogP contribution >= 0.6 is 0 Å². The van der Waals surface area contributed by atoms with E-state index in [0.717, 1.165) is 22.8 Å². The fourth-order valence-corrected chi connectivity index (χ4v) is 2.62. The van der Waals surface area contributed by atoms with E-state index in [1.807, 2.05) is 4.90 Å². The average Bonchev–Trinajstić information content (AvgIpc) is 2.63. The van der Waals surface area contributed by atoms with Gasteiger partial charge in [-0.3, -0.25) is 4.79 Å². The Labute approximate surface area is 134 Å². The predicted octanol–water partition coefficient (Wildman–Crippen LogP) is 3.83. The van der Waals surface area contributed by atoms with Crippen molar-refractivity contribution in [2.75, 3.05) is 0 Å². The van der Waals surface area contributed by atoms with Crippen LogP contribution in [-0.2, 0) is 17.4 Å². The standard InChI is InChI=1S/C18H29N3O/c1-16(2,3)13-12-11(19-15(20-13)17(4,5)6)10-21(14(12)22)18(7,8)9/h10H2,1-9H3. The zero-order chi connectivity index (χ0) is 17.1. The molecule has 0 fully saturated rings. The van der Waals surface area contributed by atoms with Crippen molar-refractivity contribution in [3.8, 4) is 0 Å². The molecule has 1 aliphatic rings. The van der Waals surface area contributed by atoms with Crippen molar-refractivity contribution >= 4 is 5.91 Å². The molecule has 0 saturated heterocycles. The predicted molar refractivity (Wildman–Crippen MR) is 89.1 cm³/mol. The van der Waals surface area contributed by atoms with Gasteiger partial charge in [0.05, 0.1) is 23.5 Å². The minimum atomic E-state index is -0.213. The van der Waals surface area contributed by atoms with Crippen molar-refractivity contribution in [2.45, 2.75) is 85.2 Å². The molecule has 122 valence electrons. The number of amides is 1. The largest absolute Gasteiger partial charge is 0.328 e. The molecule has 2 heterocycles.